The predicted molar refractivity (Wildman–Crippen MR) is 116 cm³/mol. The van der Waals surface area contributed by atoms with Crippen LogP contribution in [0.1, 0.15) is 15.9 Å². The molecule has 0 atom stereocenters. The summed E-state index contributed by atoms with van der Waals surface area (Å²) in [7, 11) is 0. The molecular weight excluding hydrogens is 413 g/mol. The Morgan fingerprint density at radius 2 is 1.78 bits per heavy atom. The van der Waals surface area contributed by atoms with Crippen molar-refractivity contribution in [3.8, 4) is 5.75 Å². The number of nitrogens with zero attached hydrogens (tertiary/aromatic N) is 4. The van der Waals surface area contributed by atoms with Crippen molar-refractivity contribution < 1.29 is 18.7 Å². The Kier molecular flexibility index (Phi) is 6.54. The van der Waals surface area contributed by atoms with Crippen LogP contribution in [-0.2, 0) is 6.61 Å². The molecule has 1 saturated heterocycles. The molecule has 0 aliphatic carbocycles. The molecule has 1 aromatic heterocycles. The van der Waals surface area contributed by atoms with E-state index in [9.17, 15) is 14.0 Å². The Labute approximate surface area is 184 Å². The third-order valence-corrected chi connectivity index (χ3v) is 5.03. The van der Waals surface area contributed by atoms with Crippen LogP contribution in [0.2, 0.25) is 0 Å². The molecule has 0 bridgehead atoms. The molecule has 8 nitrogen and oxygen atoms in total. The molecule has 1 aliphatic rings. The number of hydrogen-bond donors (Lipinski definition) is 1. The molecule has 2 aromatic carbocycles. The fourth-order valence-electron chi connectivity index (χ4n) is 3.36. The van der Waals surface area contributed by atoms with Crippen LogP contribution in [0.4, 0.5) is 15.0 Å². The summed E-state index contributed by atoms with van der Waals surface area (Å²) in [6.45, 7) is 1.86. The summed E-state index contributed by atoms with van der Waals surface area (Å²) < 4.78 is 19.0. The molecular formula is C23H22FN5O3. The molecule has 4 rings (SSSR count). The van der Waals surface area contributed by atoms with Crippen molar-refractivity contribution >= 4 is 17.8 Å². The second kappa shape index (κ2) is 9.86. The summed E-state index contributed by atoms with van der Waals surface area (Å²) >= 11 is 0. The number of carbonyl (C=O) groups excluding carboxylic acids is 2. The SMILES string of the molecule is O=C(Nc1cnccn1)N1CCN(C(=O)c2cccc(OCc3cccc(F)c3)c2)CC1. The molecule has 164 valence electrons. The van der Waals surface area contributed by atoms with E-state index in [-0.39, 0.29) is 24.4 Å². The van der Waals surface area contributed by atoms with Gasteiger partial charge in [0, 0.05) is 44.1 Å². The molecule has 2 heterocycles. The first-order chi connectivity index (χ1) is 15.6. The second-order valence-corrected chi connectivity index (χ2v) is 7.25. The van der Waals surface area contributed by atoms with Gasteiger partial charge in [0.15, 0.2) is 5.82 Å². The van der Waals surface area contributed by atoms with E-state index in [2.05, 4.69) is 15.3 Å². The molecule has 0 spiro atoms. The first-order valence-corrected chi connectivity index (χ1v) is 10.2. The summed E-state index contributed by atoms with van der Waals surface area (Å²) in [5.41, 5.74) is 1.21. The lowest BCUT2D eigenvalue weighted by atomic mass is 10.1. The molecule has 1 aliphatic heterocycles. The Bertz CT molecular complexity index is 1090. The predicted octanol–water partition coefficient (Wildman–Crippen LogP) is 3.18. The highest BCUT2D eigenvalue weighted by Crippen LogP contribution is 2.18. The van der Waals surface area contributed by atoms with Crippen LogP contribution >= 0.6 is 0 Å². The van der Waals surface area contributed by atoms with E-state index in [0.29, 0.717) is 48.9 Å². The van der Waals surface area contributed by atoms with E-state index < -0.39 is 0 Å². The van der Waals surface area contributed by atoms with E-state index in [1.165, 1.54) is 30.7 Å². The summed E-state index contributed by atoms with van der Waals surface area (Å²) in [5.74, 6) is 0.461. The van der Waals surface area contributed by atoms with Gasteiger partial charge in [-0.2, -0.15) is 0 Å². The van der Waals surface area contributed by atoms with Crippen molar-refractivity contribution in [3.05, 3.63) is 84.1 Å². The van der Waals surface area contributed by atoms with E-state index in [0.717, 1.165) is 0 Å². The number of halogens is 1. The molecule has 32 heavy (non-hydrogen) atoms. The second-order valence-electron chi connectivity index (χ2n) is 7.25. The van der Waals surface area contributed by atoms with Gasteiger partial charge in [-0.05, 0) is 35.9 Å². The van der Waals surface area contributed by atoms with Crippen LogP contribution in [-0.4, -0.2) is 57.9 Å². The smallest absolute Gasteiger partial charge is 0.323 e. The van der Waals surface area contributed by atoms with E-state index in [1.807, 2.05) is 0 Å². The number of urea groups is 1. The number of anilines is 1. The third kappa shape index (κ3) is 5.37. The molecule has 9 heteroatoms. The normalized spacial score (nSPS) is 13.5. The fraction of sp³-hybridized carbons (Fsp3) is 0.217. The Balaban J connectivity index is 1.31. The van der Waals surface area contributed by atoms with Gasteiger partial charge in [0.05, 0.1) is 6.20 Å². The van der Waals surface area contributed by atoms with Gasteiger partial charge in [0.2, 0.25) is 0 Å². The number of carbonyl (C=O) groups is 2. The van der Waals surface area contributed by atoms with Crippen LogP contribution < -0.4 is 10.1 Å². The summed E-state index contributed by atoms with van der Waals surface area (Å²) in [4.78, 5) is 36.6. The average Bonchev–Trinajstić information content (AvgIpc) is 2.83. The largest absolute Gasteiger partial charge is 0.489 e. The van der Waals surface area contributed by atoms with Gasteiger partial charge < -0.3 is 14.5 Å². The molecule has 3 amide bonds. The molecule has 3 aromatic rings. The highest BCUT2D eigenvalue weighted by atomic mass is 19.1. The minimum absolute atomic E-state index is 0.129. The van der Waals surface area contributed by atoms with Crippen molar-refractivity contribution in [1.82, 2.24) is 19.8 Å². The van der Waals surface area contributed by atoms with E-state index in [4.69, 9.17) is 4.74 Å². The van der Waals surface area contributed by atoms with Crippen LogP contribution in [0.25, 0.3) is 0 Å². The van der Waals surface area contributed by atoms with Gasteiger partial charge in [-0.1, -0.05) is 18.2 Å². The summed E-state index contributed by atoms with van der Waals surface area (Å²) in [6, 6.07) is 12.8. The zero-order valence-electron chi connectivity index (χ0n) is 17.3. The van der Waals surface area contributed by atoms with Crippen molar-refractivity contribution in [2.24, 2.45) is 0 Å². The highest BCUT2D eigenvalue weighted by Gasteiger charge is 2.25. The monoisotopic (exact) mass is 435 g/mol. The number of piperazine rings is 1. The minimum atomic E-state index is -0.320. The quantitative estimate of drug-likeness (QED) is 0.665. The maximum atomic E-state index is 13.3. The van der Waals surface area contributed by atoms with E-state index in [1.54, 1.807) is 46.2 Å². The topological polar surface area (TPSA) is 87.7 Å². The first kappa shape index (κ1) is 21.2. The van der Waals surface area contributed by atoms with Crippen LogP contribution in [0.3, 0.4) is 0 Å². The van der Waals surface area contributed by atoms with Crippen LogP contribution in [0.15, 0.2) is 67.1 Å². The summed E-state index contributed by atoms with van der Waals surface area (Å²) in [5, 5.41) is 2.70. The zero-order valence-corrected chi connectivity index (χ0v) is 17.3. The summed E-state index contributed by atoms with van der Waals surface area (Å²) in [6.07, 6.45) is 4.50. The molecule has 1 fully saturated rings. The van der Waals surface area contributed by atoms with Gasteiger partial charge in [0.25, 0.3) is 5.91 Å². The standard InChI is InChI=1S/C23H22FN5O3/c24-19-5-1-3-17(13-19)16-32-20-6-2-4-18(14-20)22(30)28-9-11-29(12-10-28)23(31)27-21-15-25-7-8-26-21/h1-8,13-15H,9-12,16H2,(H,26,27,31). The maximum Gasteiger partial charge on any atom is 0.323 e. The lowest BCUT2D eigenvalue weighted by molar-refractivity contribution is 0.0671. The number of benzene rings is 2. The lowest BCUT2D eigenvalue weighted by Crippen LogP contribution is -2.51. The lowest BCUT2D eigenvalue weighted by Gasteiger charge is -2.34. The average molecular weight is 435 g/mol. The van der Waals surface area contributed by atoms with Gasteiger partial charge >= 0.3 is 6.03 Å². The Morgan fingerprint density at radius 3 is 2.53 bits per heavy atom. The van der Waals surface area contributed by atoms with Crippen molar-refractivity contribution in [1.29, 1.82) is 0 Å². The van der Waals surface area contributed by atoms with E-state index >= 15 is 0 Å². The third-order valence-electron chi connectivity index (χ3n) is 5.03. The molecule has 0 radical (unpaired) electrons. The number of ether oxygens (including phenoxy) is 1. The van der Waals surface area contributed by atoms with Gasteiger partial charge in [-0.3, -0.25) is 15.1 Å². The molecule has 1 N–H and O–H groups in total. The Morgan fingerprint density at radius 1 is 1.00 bits per heavy atom. The number of nitrogens with one attached hydrogen (secondary N) is 1. The van der Waals surface area contributed by atoms with Crippen LogP contribution in [0.5, 0.6) is 5.75 Å². The maximum absolute atomic E-state index is 13.3. The highest BCUT2D eigenvalue weighted by molar-refractivity contribution is 5.95. The molecule has 0 unspecified atom stereocenters. The number of aromatic nitrogens is 2. The number of amides is 3. The minimum Gasteiger partial charge on any atom is -0.489 e. The zero-order chi connectivity index (χ0) is 22.3. The van der Waals surface area contributed by atoms with Gasteiger partial charge in [0.1, 0.15) is 18.2 Å². The van der Waals surface area contributed by atoms with Crippen LogP contribution in [0, 0.1) is 5.82 Å². The van der Waals surface area contributed by atoms with Crippen molar-refractivity contribution in [2.75, 3.05) is 31.5 Å². The fourth-order valence-corrected chi connectivity index (χ4v) is 3.36. The van der Waals surface area contributed by atoms with Gasteiger partial charge in [-0.15, -0.1) is 0 Å². The number of rotatable bonds is 5. The van der Waals surface area contributed by atoms with Crippen molar-refractivity contribution in [3.63, 3.8) is 0 Å². The number of hydrogen-bond acceptors (Lipinski definition) is 5. The van der Waals surface area contributed by atoms with Crippen molar-refractivity contribution in [2.45, 2.75) is 6.61 Å². The first-order valence-electron chi connectivity index (χ1n) is 10.2. The Hall–Kier alpha value is -4.01. The van der Waals surface area contributed by atoms with Gasteiger partial charge in [-0.25, -0.2) is 14.2 Å². The molecule has 0 saturated carbocycles.